The lowest BCUT2D eigenvalue weighted by atomic mass is 9.65. The Morgan fingerprint density at radius 1 is 1.27 bits per heavy atom. The van der Waals surface area contributed by atoms with Crippen LogP contribution in [0.5, 0.6) is 0 Å². The molecule has 2 N–H and O–H groups in total. The maximum atomic E-state index is 13.1. The fourth-order valence-corrected chi connectivity index (χ4v) is 4.70. The number of urea groups is 1. The van der Waals surface area contributed by atoms with Gasteiger partial charge in [0.15, 0.2) is 0 Å². The molecule has 8 heteroatoms. The average Bonchev–Trinajstić information content (AvgIpc) is 3.23. The molecule has 8 nitrogen and oxygen atoms in total. The summed E-state index contributed by atoms with van der Waals surface area (Å²) in [5.74, 6) is -0.199. The van der Waals surface area contributed by atoms with Gasteiger partial charge in [-0.25, -0.2) is 14.5 Å². The fraction of sp³-hybridized carbons (Fsp3) is 0.545. The number of fused-ring (bicyclic) bond motifs is 1. The number of para-hydroxylation sites is 2. The van der Waals surface area contributed by atoms with Crippen molar-refractivity contribution in [3.05, 3.63) is 30.6 Å². The summed E-state index contributed by atoms with van der Waals surface area (Å²) in [7, 11) is 0. The maximum absolute atomic E-state index is 13.1. The van der Waals surface area contributed by atoms with Crippen LogP contribution in [0.2, 0.25) is 0 Å². The lowest BCUT2D eigenvalue weighted by Gasteiger charge is -2.42. The predicted molar refractivity (Wildman–Crippen MR) is 113 cm³/mol. The van der Waals surface area contributed by atoms with Crippen LogP contribution in [0.15, 0.2) is 30.6 Å². The third-order valence-corrected chi connectivity index (χ3v) is 7.10. The van der Waals surface area contributed by atoms with Crippen LogP contribution in [0.3, 0.4) is 0 Å². The van der Waals surface area contributed by atoms with Crippen LogP contribution in [0.4, 0.5) is 4.79 Å². The van der Waals surface area contributed by atoms with Gasteiger partial charge >= 0.3 is 6.03 Å². The largest absolute Gasteiger partial charge is 0.325 e. The number of hydrogen-bond donors (Lipinski definition) is 2. The zero-order chi connectivity index (χ0) is 21.5. The van der Waals surface area contributed by atoms with Gasteiger partial charge in [-0.05, 0) is 49.1 Å². The van der Waals surface area contributed by atoms with E-state index in [2.05, 4.69) is 36.5 Å². The molecular formula is C22H29N5O3. The molecule has 0 unspecified atom stereocenters. The van der Waals surface area contributed by atoms with E-state index >= 15 is 0 Å². The molecular weight excluding hydrogens is 382 g/mol. The third-order valence-electron chi connectivity index (χ3n) is 7.10. The fourth-order valence-electron chi connectivity index (χ4n) is 4.70. The second-order valence-electron chi connectivity index (χ2n) is 9.16. The molecule has 1 aromatic carbocycles. The number of hydrogen-bond acceptors (Lipinski definition) is 4. The zero-order valence-corrected chi connectivity index (χ0v) is 17.8. The van der Waals surface area contributed by atoms with E-state index in [0.29, 0.717) is 18.8 Å². The smallest absolute Gasteiger partial charge is 0.323 e. The van der Waals surface area contributed by atoms with Gasteiger partial charge in [0.2, 0.25) is 0 Å². The van der Waals surface area contributed by atoms with Crippen LogP contribution >= 0.6 is 0 Å². The topological polar surface area (TPSA) is 96.3 Å². The third kappa shape index (κ3) is 3.44. The van der Waals surface area contributed by atoms with Crippen molar-refractivity contribution in [3.63, 3.8) is 0 Å². The van der Waals surface area contributed by atoms with Crippen LogP contribution in [0, 0.1) is 11.3 Å². The van der Waals surface area contributed by atoms with Crippen LogP contribution in [-0.2, 0) is 9.59 Å². The Morgan fingerprint density at radius 2 is 1.97 bits per heavy atom. The van der Waals surface area contributed by atoms with Crippen molar-refractivity contribution >= 4 is 28.9 Å². The molecule has 1 spiro atoms. The van der Waals surface area contributed by atoms with Gasteiger partial charge in [-0.1, -0.05) is 39.3 Å². The molecule has 4 amide bonds. The first-order valence-corrected chi connectivity index (χ1v) is 10.6. The summed E-state index contributed by atoms with van der Waals surface area (Å²) in [6, 6.07) is 6.91. The highest BCUT2D eigenvalue weighted by molar-refractivity contribution is 6.09. The van der Waals surface area contributed by atoms with Crippen LogP contribution in [-0.4, -0.2) is 44.5 Å². The molecule has 1 saturated heterocycles. The predicted octanol–water partition coefficient (Wildman–Crippen LogP) is 3.02. The molecule has 2 aromatic rings. The van der Waals surface area contributed by atoms with Crippen molar-refractivity contribution in [2.75, 3.05) is 12.0 Å². The summed E-state index contributed by atoms with van der Waals surface area (Å²) >= 11 is 0. The molecule has 2 aliphatic rings. The van der Waals surface area contributed by atoms with Gasteiger partial charge < -0.3 is 5.32 Å². The van der Waals surface area contributed by atoms with Crippen molar-refractivity contribution in [2.24, 2.45) is 11.3 Å². The monoisotopic (exact) mass is 411 g/mol. The highest BCUT2D eigenvalue weighted by Crippen LogP contribution is 2.45. The molecule has 160 valence electrons. The average molecular weight is 412 g/mol. The summed E-state index contributed by atoms with van der Waals surface area (Å²) in [6.45, 7) is 6.40. The summed E-state index contributed by atoms with van der Waals surface area (Å²) < 4.78 is 1.50. The number of aromatic nitrogens is 2. The van der Waals surface area contributed by atoms with E-state index in [-0.39, 0.29) is 17.9 Å². The number of benzene rings is 1. The molecule has 1 aliphatic heterocycles. The van der Waals surface area contributed by atoms with Crippen LogP contribution in [0.25, 0.3) is 11.0 Å². The Labute approximate surface area is 176 Å². The number of carbonyl (C=O) groups is 3. The Kier molecular flexibility index (Phi) is 5.03. The number of nitrogens with one attached hydrogen (secondary N) is 2. The maximum Gasteiger partial charge on any atom is 0.325 e. The molecule has 1 aliphatic carbocycles. The number of rotatable bonds is 5. The highest BCUT2D eigenvalue weighted by Gasteiger charge is 2.53. The lowest BCUT2D eigenvalue weighted by molar-refractivity contribution is -0.135. The van der Waals surface area contributed by atoms with Gasteiger partial charge in [-0.15, -0.1) is 0 Å². The van der Waals surface area contributed by atoms with Gasteiger partial charge in [0.05, 0.1) is 11.0 Å². The van der Waals surface area contributed by atoms with Crippen molar-refractivity contribution < 1.29 is 14.4 Å². The minimum Gasteiger partial charge on any atom is -0.323 e. The summed E-state index contributed by atoms with van der Waals surface area (Å²) in [5, 5.41) is 2.89. The van der Waals surface area contributed by atoms with Gasteiger partial charge in [0.1, 0.15) is 18.4 Å². The van der Waals surface area contributed by atoms with Crippen molar-refractivity contribution in [3.8, 4) is 0 Å². The standard InChI is InChI=1S/C22H29N5O3/c1-4-21(2,3)15-9-11-22(12-10-15)19(29)26(20(30)24-22)13-18(28)25-27-14-23-16-7-5-6-8-17(16)27/h5-8,14-15H,4,9-13H2,1-3H3,(H,24,30)(H,25,28). The molecule has 0 bridgehead atoms. The normalized spacial score (nSPS) is 24.5. The molecule has 30 heavy (non-hydrogen) atoms. The Bertz CT molecular complexity index is 988. The second kappa shape index (κ2) is 7.41. The van der Waals surface area contributed by atoms with E-state index in [4.69, 9.17) is 0 Å². The molecule has 1 saturated carbocycles. The SMILES string of the molecule is CCC(C)(C)C1CCC2(CC1)NC(=O)N(CC(=O)Nn1cnc3ccccc31)C2=O. The number of imidazole rings is 1. The molecule has 0 atom stereocenters. The zero-order valence-electron chi connectivity index (χ0n) is 17.8. The number of nitrogens with zero attached hydrogens (tertiary/aromatic N) is 3. The minimum atomic E-state index is -0.862. The van der Waals surface area contributed by atoms with E-state index in [1.165, 1.54) is 11.0 Å². The molecule has 4 rings (SSSR count). The van der Waals surface area contributed by atoms with Crippen LogP contribution < -0.4 is 10.7 Å². The summed E-state index contributed by atoms with van der Waals surface area (Å²) in [4.78, 5) is 43.5. The van der Waals surface area contributed by atoms with E-state index in [1.54, 1.807) is 0 Å². The minimum absolute atomic E-state index is 0.223. The quantitative estimate of drug-likeness (QED) is 0.739. The number of imide groups is 1. The summed E-state index contributed by atoms with van der Waals surface area (Å²) in [5.41, 5.74) is 3.56. The summed E-state index contributed by atoms with van der Waals surface area (Å²) in [6.07, 6.45) is 5.63. The van der Waals surface area contributed by atoms with Crippen molar-refractivity contribution in [1.82, 2.24) is 19.9 Å². The number of carbonyl (C=O) groups excluding carboxylic acids is 3. The Hall–Kier alpha value is -2.90. The van der Waals surface area contributed by atoms with Crippen molar-refractivity contribution in [2.45, 2.75) is 58.4 Å². The van der Waals surface area contributed by atoms with Gasteiger partial charge in [-0.2, -0.15) is 0 Å². The highest BCUT2D eigenvalue weighted by atomic mass is 16.2. The van der Waals surface area contributed by atoms with Gasteiger partial charge in [-0.3, -0.25) is 19.9 Å². The van der Waals surface area contributed by atoms with Gasteiger partial charge in [0, 0.05) is 0 Å². The van der Waals surface area contributed by atoms with E-state index in [0.717, 1.165) is 35.2 Å². The van der Waals surface area contributed by atoms with Crippen LogP contribution in [0.1, 0.15) is 52.9 Å². The van der Waals surface area contributed by atoms with Gasteiger partial charge in [0.25, 0.3) is 11.8 Å². The Morgan fingerprint density at radius 3 is 2.67 bits per heavy atom. The molecule has 2 heterocycles. The van der Waals surface area contributed by atoms with Crippen molar-refractivity contribution in [1.29, 1.82) is 0 Å². The molecule has 2 fully saturated rings. The van der Waals surface area contributed by atoms with E-state index in [9.17, 15) is 14.4 Å². The van der Waals surface area contributed by atoms with E-state index < -0.39 is 17.5 Å². The second-order valence-corrected chi connectivity index (χ2v) is 9.16. The first kappa shape index (κ1) is 20.4. The number of amides is 4. The lowest BCUT2D eigenvalue weighted by Crippen LogP contribution is -2.51. The molecule has 0 radical (unpaired) electrons. The Balaban J connectivity index is 1.41. The van der Waals surface area contributed by atoms with E-state index in [1.807, 2.05) is 24.3 Å². The first-order chi connectivity index (χ1) is 14.3. The molecule has 1 aromatic heterocycles. The first-order valence-electron chi connectivity index (χ1n) is 10.6.